The van der Waals surface area contributed by atoms with Gasteiger partial charge in [0.2, 0.25) is 0 Å². The summed E-state index contributed by atoms with van der Waals surface area (Å²) in [6, 6.07) is 11.8. The van der Waals surface area contributed by atoms with E-state index in [0.29, 0.717) is 29.8 Å². The van der Waals surface area contributed by atoms with Crippen LogP contribution in [0.5, 0.6) is 5.75 Å². The monoisotopic (exact) mass is 584 g/mol. The van der Waals surface area contributed by atoms with E-state index in [1.807, 2.05) is 25.3 Å². The molecule has 0 aromatic heterocycles. The Bertz CT molecular complexity index is 1280. The lowest BCUT2D eigenvalue weighted by molar-refractivity contribution is 0.00464. The molecule has 5 rings (SSSR count). The summed E-state index contributed by atoms with van der Waals surface area (Å²) < 4.78 is 28.0. The van der Waals surface area contributed by atoms with Crippen LogP contribution in [0.15, 0.2) is 48.0 Å². The number of aryl methyl sites for hydroxylation is 1. The highest BCUT2D eigenvalue weighted by Crippen LogP contribution is 2.44. The number of allylic oxidation sites excluding steroid dienone is 1. The van der Waals surface area contributed by atoms with Crippen molar-refractivity contribution in [2.75, 3.05) is 37.5 Å². The highest BCUT2D eigenvalue weighted by Gasteiger charge is 2.40. The van der Waals surface area contributed by atoms with Crippen molar-refractivity contribution >= 4 is 34.2 Å². The Kier molecular flexibility index (Phi) is 9.54. The molecule has 3 aliphatic rings. The van der Waals surface area contributed by atoms with Gasteiger partial charge in [-0.3, -0.25) is 9.52 Å². The van der Waals surface area contributed by atoms with Crippen molar-refractivity contribution in [2.24, 2.45) is 11.8 Å². The van der Waals surface area contributed by atoms with E-state index in [1.165, 1.54) is 16.7 Å². The Morgan fingerprint density at radius 3 is 2.77 bits per heavy atom. The number of rotatable bonds is 4. The molecule has 1 aliphatic carbocycles. The summed E-state index contributed by atoms with van der Waals surface area (Å²) in [5.74, 6) is 1.92. The minimum Gasteiger partial charge on any atom is -0.491 e. The summed E-state index contributed by atoms with van der Waals surface area (Å²) in [5, 5.41) is 0.759. The summed E-state index contributed by atoms with van der Waals surface area (Å²) in [6.45, 7) is 6.45. The molecule has 1 amide bonds. The second-order valence-corrected chi connectivity index (χ2v) is 13.0. The lowest BCUT2D eigenvalue weighted by Gasteiger charge is -2.45. The number of methoxy groups -OCH3 is 1. The average Bonchev–Trinajstić information content (AvgIpc) is 3.11. The van der Waals surface area contributed by atoms with Gasteiger partial charge in [-0.25, -0.2) is 4.21 Å². The summed E-state index contributed by atoms with van der Waals surface area (Å²) in [4.78, 5) is 15.5. The number of fused-ring (bicyclic) bond motifs is 2. The Balaban J connectivity index is 1.54. The van der Waals surface area contributed by atoms with Crippen molar-refractivity contribution in [2.45, 2.75) is 64.4 Å². The maximum absolute atomic E-state index is 13.1. The third kappa shape index (κ3) is 6.27. The van der Waals surface area contributed by atoms with Crippen molar-refractivity contribution in [1.29, 1.82) is 0 Å². The van der Waals surface area contributed by atoms with Gasteiger partial charge in [-0.2, -0.15) is 0 Å². The smallest absolute Gasteiger partial charge is 0.263 e. The van der Waals surface area contributed by atoms with Crippen molar-refractivity contribution in [3.05, 3.63) is 69.8 Å². The van der Waals surface area contributed by atoms with E-state index >= 15 is 0 Å². The van der Waals surface area contributed by atoms with Gasteiger partial charge in [0.05, 0.1) is 18.4 Å². The number of ether oxygens (including phenoxy) is 2. The zero-order chi connectivity index (χ0) is 28.2. The third-order valence-electron chi connectivity index (χ3n) is 8.82. The molecule has 2 bridgehead atoms. The number of carbonyl (C=O) groups is 1. The van der Waals surface area contributed by atoms with Gasteiger partial charge in [-0.15, -0.1) is 0 Å². The maximum atomic E-state index is 13.1. The van der Waals surface area contributed by atoms with Crippen LogP contribution in [0.25, 0.3) is 0 Å². The SMILES string of the molecule is C/C=C1\CCCS(=O)NC(=O)c2ccc3c(c2)N(CC(c2ccc(Cl)cc2CCC)CO3)CC2CCC2C1OC. The van der Waals surface area contributed by atoms with Crippen LogP contribution in [0.4, 0.5) is 5.69 Å². The molecule has 8 heteroatoms. The molecule has 5 unspecified atom stereocenters. The van der Waals surface area contributed by atoms with E-state index in [-0.39, 0.29) is 17.9 Å². The van der Waals surface area contributed by atoms with Gasteiger partial charge in [-0.1, -0.05) is 37.1 Å². The fraction of sp³-hybridized carbons (Fsp3) is 0.531. The van der Waals surface area contributed by atoms with Crippen molar-refractivity contribution in [3.8, 4) is 5.75 Å². The van der Waals surface area contributed by atoms with Gasteiger partial charge in [0, 0.05) is 42.5 Å². The fourth-order valence-electron chi connectivity index (χ4n) is 6.63. The number of nitrogens with zero attached hydrogens (tertiary/aromatic N) is 1. The number of amides is 1. The molecule has 6 nitrogen and oxygen atoms in total. The molecule has 2 aromatic rings. The highest BCUT2D eigenvalue weighted by atomic mass is 35.5. The van der Waals surface area contributed by atoms with Gasteiger partial charge in [0.25, 0.3) is 5.91 Å². The van der Waals surface area contributed by atoms with Gasteiger partial charge >= 0.3 is 0 Å². The Morgan fingerprint density at radius 2 is 2.05 bits per heavy atom. The number of anilines is 1. The molecule has 40 heavy (non-hydrogen) atoms. The molecule has 0 spiro atoms. The quantitative estimate of drug-likeness (QED) is 0.418. The Morgan fingerprint density at radius 1 is 1.20 bits per heavy atom. The zero-order valence-electron chi connectivity index (χ0n) is 23.8. The number of hydrogen-bond donors (Lipinski definition) is 1. The Labute approximate surface area is 246 Å². The number of benzene rings is 2. The number of nitrogens with one attached hydrogen (secondary N) is 1. The van der Waals surface area contributed by atoms with Crippen LogP contribution in [0.1, 0.15) is 73.4 Å². The largest absolute Gasteiger partial charge is 0.491 e. The van der Waals surface area contributed by atoms with E-state index in [4.69, 9.17) is 21.1 Å². The van der Waals surface area contributed by atoms with Gasteiger partial charge in [0.15, 0.2) is 0 Å². The molecule has 1 fully saturated rings. The van der Waals surface area contributed by atoms with Crippen molar-refractivity contribution < 1.29 is 18.5 Å². The van der Waals surface area contributed by atoms with Crippen molar-refractivity contribution in [1.82, 2.24) is 4.72 Å². The number of carbonyl (C=O) groups excluding carboxylic acids is 1. The van der Waals surface area contributed by atoms with Crippen LogP contribution in [-0.4, -0.2) is 48.8 Å². The summed E-state index contributed by atoms with van der Waals surface area (Å²) in [6.07, 6.45) is 8.04. The average molecular weight is 585 g/mol. The molecular weight excluding hydrogens is 544 g/mol. The van der Waals surface area contributed by atoms with Gasteiger partial charge < -0.3 is 14.4 Å². The van der Waals surface area contributed by atoms with Crippen molar-refractivity contribution in [3.63, 3.8) is 0 Å². The molecule has 216 valence electrons. The molecule has 2 aromatic carbocycles. The predicted molar refractivity (Wildman–Crippen MR) is 163 cm³/mol. The Hall–Kier alpha value is -2.35. The van der Waals surface area contributed by atoms with Crippen LogP contribution >= 0.6 is 11.6 Å². The normalized spacial score (nSPS) is 28.3. The highest BCUT2D eigenvalue weighted by molar-refractivity contribution is 7.83. The first-order valence-corrected chi connectivity index (χ1v) is 16.3. The summed E-state index contributed by atoms with van der Waals surface area (Å²) in [7, 11) is 0.362. The van der Waals surface area contributed by atoms with Gasteiger partial charge in [-0.05, 0) is 97.9 Å². The van der Waals surface area contributed by atoms with Crippen LogP contribution in [0, 0.1) is 11.8 Å². The van der Waals surface area contributed by atoms with Crippen LogP contribution in [0.3, 0.4) is 0 Å². The van der Waals surface area contributed by atoms with E-state index in [1.54, 1.807) is 6.07 Å². The van der Waals surface area contributed by atoms with E-state index in [0.717, 1.165) is 68.1 Å². The van der Waals surface area contributed by atoms with Crippen LogP contribution < -0.4 is 14.4 Å². The summed E-state index contributed by atoms with van der Waals surface area (Å²) >= 11 is 6.40. The first-order valence-electron chi connectivity index (χ1n) is 14.6. The molecular formula is C32H41ClN2O4S. The van der Waals surface area contributed by atoms with E-state index in [9.17, 15) is 9.00 Å². The van der Waals surface area contributed by atoms with Gasteiger partial charge in [0.1, 0.15) is 16.7 Å². The molecule has 1 saturated carbocycles. The zero-order valence-corrected chi connectivity index (χ0v) is 25.4. The molecule has 5 atom stereocenters. The van der Waals surface area contributed by atoms with E-state index in [2.05, 4.69) is 41.7 Å². The number of halogens is 1. The standard InChI is InChI=1S/C32H41ClN2O4S/c1-4-7-22-16-26(33)11-13-27(22)25-19-35-18-24-9-12-28(24)31(38-3)21(5-2)8-6-15-40(37)34-32(36)23-10-14-30(39-20-25)29(35)17-23/h5,10-11,13-14,16-17,24-25,28,31H,4,6-9,12,15,18-20H2,1-3H3,(H,34,36)/b21-5+. The fourth-order valence-corrected chi connectivity index (χ4v) is 7.66. The maximum Gasteiger partial charge on any atom is 0.263 e. The molecule has 1 N–H and O–H groups in total. The third-order valence-corrected chi connectivity index (χ3v) is 10.1. The second-order valence-electron chi connectivity index (χ2n) is 11.3. The minimum atomic E-state index is -1.45. The minimum absolute atomic E-state index is 0.0501. The molecule has 0 radical (unpaired) electrons. The first kappa shape index (κ1) is 29.2. The number of hydrogen-bond acceptors (Lipinski definition) is 5. The second kappa shape index (κ2) is 13.1. The lowest BCUT2D eigenvalue weighted by atomic mass is 9.68. The predicted octanol–water partition coefficient (Wildman–Crippen LogP) is 6.45. The molecule has 2 heterocycles. The van der Waals surface area contributed by atoms with Crippen LogP contribution in [0.2, 0.25) is 5.02 Å². The van der Waals surface area contributed by atoms with Crippen LogP contribution in [-0.2, 0) is 22.1 Å². The lowest BCUT2D eigenvalue weighted by Crippen LogP contribution is -2.45. The molecule has 0 saturated heterocycles. The first-order chi connectivity index (χ1) is 19.4. The van der Waals surface area contributed by atoms with E-state index < -0.39 is 11.0 Å². The molecule has 2 aliphatic heterocycles. The summed E-state index contributed by atoms with van der Waals surface area (Å²) in [5.41, 5.74) is 5.24. The topological polar surface area (TPSA) is 67.9 Å².